The van der Waals surface area contributed by atoms with Crippen molar-refractivity contribution in [1.29, 1.82) is 0 Å². The average molecular weight is 445 g/mol. The maximum Gasteiger partial charge on any atom is 0.253 e. The summed E-state index contributed by atoms with van der Waals surface area (Å²) in [5.74, 6) is -0.254. The van der Waals surface area contributed by atoms with Crippen LogP contribution in [-0.4, -0.2) is 76.7 Å². The molecule has 7 nitrogen and oxygen atoms in total. The molecule has 1 N–H and O–H groups in total. The molecule has 0 spiro atoms. The van der Waals surface area contributed by atoms with Crippen LogP contribution in [0.15, 0.2) is 54.6 Å². The Hall–Kier alpha value is -2.42. The van der Waals surface area contributed by atoms with E-state index in [1.807, 2.05) is 30.3 Å². The molecular weight excluding hydrogens is 412 g/mol. The van der Waals surface area contributed by atoms with Crippen molar-refractivity contribution in [3.8, 4) is 0 Å². The summed E-state index contributed by atoms with van der Waals surface area (Å²) < 4.78 is 26.4. The van der Waals surface area contributed by atoms with Gasteiger partial charge in [-0.25, -0.2) is 8.42 Å². The molecule has 31 heavy (non-hydrogen) atoms. The first kappa shape index (κ1) is 23.2. The molecule has 0 aliphatic carbocycles. The molecule has 1 saturated heterocycles. The van der Waals surface area contributed by atoms with Gasteiger partial charge in [0, 0.05) is 32.7 Å². The summed E-state index contributed by atoms with van der Waals surface area (Å²) >= 11 is 0. The molecule has 1 heterocycles. The highest BCUT2D eigenvalue weighted by atomic mass is 32.2. The third-order valence-corrected chi connectivity index (χ3v) is 6.65. The van der Waals surface area contributed by atoms with Crippen molar-refractivity contribution in [2.75, 3.05) is 56.9 Å². The number of likely N-dealkylation sites (N-methyl/N-ethyl adjacent to an activating group) is 1. The third-order valence-electron chi connectivity index (χ3n) is 5.52. The highest BCUT2D eigenvalue weighted by molar-refractivity contribution is 7.92. The molecule has 2 aromatic carbocycles. The van der Waals surface area contributed by atoms with Crippen LogP contribution in [0.2, 0.25) is 0 Å². The zero-order valence-electron chi connectivity index (χ0n) is 18.3. The van der Waals surface area contributed by atoms with Crippen molar-refractivity contribution in [2.45, 2.75) is 13.0 Å². The SMILES string of the molecule is CN1CCN(CCCNC(=O)c2ccccc2N(Cc2ccccc2)S(C)(=O)=O)CC1. The number of nitrogens with one attached hydrogen (secondary N) is 1. The first-order valence-corrected chi connectivity index (χ1v) is 12.5. The van der Waals surface area contributed by atoms with Crippen LogP contribution in [0.5, 0.6) is 0 Å². The zero-order valence-corrected chi connectivity index (χ0v) is 19.1. The molecule has 1 amide bonds. The fraction of sp³-hybridized carbons (Fsp3) is 0.435. The van der Waals surface area contributed by atoms with Gasteiger partial charge in [0.1, 0.15) is 0 Å². The van der Waals surface area contributed by atoms with Crippen LogP contribution in [-0.2, 0) is 16.6 Å². The van der Waals surface area contributed by atoms with E-state index in [0.717, 1.165) is 44.7 Å². The Morgan fingerprint density at radius 3 is 2.32 bits per heavy atom. The molecule has 168 valence electrons. The van der Waals surface area contributed by atoms with Crippen LogP contribution in [0.25, 0.3) is 0 Å². The molecule has 0 bridgehead atoms. The number of carbonyl (C=O) groups excluding carboxylic acids is 1. The molecule has 0 atom stereocenters. The second-order valence-electron chi connectivity index (χ2n) is 8.03. The molecule has 1 fully saturated rings. The monoisotopic (exact) mass is 444 g/mol. The van der Waals surface area contributed by atoms with E-state index in [0.29, 0.717) is 17.8 Å². The Labute approximate surface area is 185 Å². The Kier molecular flexibility index (Phi) is 8.06. The summed E-state index contributed by atoms with van der Waals surface area (Å²) in [6.07, 6.45) is 2.03. The molecule has 0 saturated carbocycles. The molecule has 0 radical (unpaired) electrons. The van der Waals surface area contributed by atoms with E-state index in [1.54, 1.807) is 24.3 Å². The number of rotatable bonds is 9. The number of sulfonamides is 1. The first-order valence-electron chi connectivity index (χ1n) is 10.6. The minimum absolute atomic E-state index is 0.174. The second-order valence-corrected chi connectivity index (χ2v) is 9.93. The highest BCUT2D eigenvalue weighted by Crippen LogP contribution is 2.25. The second kappa shape index (κ2) is 10.7. The van der Waals surface area contributed by atoms with Crippen molar-refractivity contribution in [3.05, 3.63) is 65.7 Å². The van der Waals surface area contributed by atoms with Crippen LogP contribution in [0, 0.1) is 0 Å². The van der Waals surface area contributed by atoms with Gasteiger partial charge in [-0.3, -0.25) is 9.10 Å². The number of carbonyl (C=O) groups is 1. The van der Waals surface area contributed by atoms with Crippen molar-refractivity contribution < 1.29 is 13.2 Å². The number of hydrogen-bond donors (Lipinski definition) is 1. The largest absolute Gasteiger partial charge is 0.352 e. The number of piperazine rings is 1. The summed E-state index contributed by atoms with van der Waals surface area (Å²) in [6, 6.07) is 16.2. The van der Waals surface area contributed by atoms with Gasteiger partial charge in [-0.2, -0.15) is 0 Å². The highest BCUT2D eigenvalue weighted by Gasteiger charge is 2.23. The smallest absolute Gasteiger partial charge is 0.253 e. The van der Waals surface area contributed by atoms with Crippen LogP contribution < -0.4 is 9.62 Å². The average Bonchev–Trinajstić information content (AvgIpc) is 2.76. The zero-order chi connectivity index (χ0) is 22.3. The van der Waals surface area contributed by atoms with Gasteiger partial charge >= 0.3 is 0 Å². The van der Waals surface area contributed by atoms with E-state index < -0.39 is 10.0 Å². The van der Waals surface area contributed by atoms with E-state index in [4.69, 9.17) is 0 Å². The Morgan fingerprint density at radius 2 is 1.65 bits per heavy atom. The normalized spacial score (nSPS) is 15.5. The van der Waals surface area contributed by atoms with Crippen LogP contribution in [0.4, 0.5) is 5.69 Å². The van der Waals surface area contributed by atoms with Gasteiger partial charge < -0.3 is 15.1 Å². The number of hydrogen-bond acceptors (Lipinski definition) is 5. The van der Waals surface area contributed by atoms with E-state index >= 15 is 0 Å². The fourth-order valence-corrected chi connectivity index (χ4v) is 4.58. The molecular formula is C23H32N4O3S. The van der Waals surface area contributed by atoms with Crippen molar-refractivity contribution in [2.24, 2.45) is 0 Å². The predicted octanol–water partition coefficient (Wildman–Crippen LogP) is 2.02. The number of benzene rings is 2. The lowest BCUT2D eigenvalue weighted by Crippen LogP contribution is -2.45. The molecule has 0 aromatic heterocycles. The molecule has 1 aliphatic rings. The number of amides is 1. The van der Waals surface area contributed by atoms with E-state index in [2.05, 4.69) is 22.2 Å². The number of para-hydroxylation sites is 1. The Balaban J connectivity index is 1.65. The summed E-state index contributed by atoms with van der Waals surface area (Å²) in [5, 5.41) is 2.96. The van der Waals surface area contributed by atoms with Crippen LogP contribution in [0.3, 0.4) is 0 Å². The van der Waals surface area contributed by atoms with Gasteiger partial charge in [-0.1, -0.05) is 42.5 Å². The molecule has 3 rings (SSSR count). The van der Waals surface area contributed by atoms with E-state index in [-0.39, 0.29) is 12.5 Å². The fourth-order valence-electron chi connectivity index (χ4n) is 3.68. The van der Waals surface area contributed by atoms with E-state index in [1.165, 1.54) is 10.6 Å². The van der Waals surface area contributed by atoms with Gasteiger partial charge in [0.25, 0.3) is 5.91 Å². The summed E-state index contributed by atoms with van der Waals surface area (Å²) in [7, 11) is -1.44. The van der Waals surface area contributed by atoms with Crippen molar-refractivity contribution in [3.63, 3.8) is 0 Å². The quantitative estimate of drug-likeness (QED) is 0.599. The first-order chi connectivity index (χ1) is 14.8. The van der Waals surface area contributed by atoms with Gasteiger partial charge in [-0.15, -0.1) is 0 Å². The topological polar surface area (TPSA) is 73.0 Å². The van der Waals surface area contributed by atoms with Gasteiger partial charge in [0.2, 0.25) is 10.0 Å². The Morgan fingerprint density at radius 1 is 1.00 bits per heavy atom. The minimum atomic E-state index is -3.57. The van der Waals surface area contributed by atoms with Gasteiger partial charge in [0.05, 0.1) is 24.1 Å². The molecule has 1 aliphatic heterocycles. The maximum atomic E-state index is 12.9. The van der Waals surface area contributed by atoms with E-state index in [9.17, 15) is 13.2 Å². The predicted molar refractivity (Wildman–Crippen MR) is 125 cm³/mol. The molecule has 8 heteroatoms. The molecule has 0 unspecified atom stereocenters. The van der Waals surface area contributed by atoms with Crippen molar-refractivity contribution >= 4 is 21.6 Å². The Bertz CT molecular complexity index is 958. The third kappa shape index (κ3) is 6.78. The van der Waals surface area contributed by atoms with Crippen molar-refractivity contribution in [1.82, 2.24) is 15.1 Å². The lowest BCUT2D eigenvalue weighted by molar-refractivity contribution is 0.0950. The minimum Gasteiger partial charge on any atom is -0.352 e. The lowest BCUT2D eigenvalue weighted by Gasteiger charge is -2.32. The number of anilines is 1. The van der Waals surface area contributed by atoms with Crippen LogP contribution in [0.1, 0.15) is 22.3 Å². The summed E-state index contributed by atoms with van der Waals surface area (Å²) in [4.78, 5) is 17.6. The lowest BCUT2D eigenvalue weighted by atomic mass is 10.1. The van der Waals surface area contributed by atoms with Crippen LogP contribution >= 0.6 is 0 Å². The van der Waals surface area contributed by atoms with Gasteiger partial charge in [0.15, 0.2) is 0 Å². The maximum absolute atomic E-state index is 12.9. The standard InChI is InChI=1S/C23H32N4O3S/c1-25-15-17-26(18-16-25)14-8-13-24-23(28)21-11-6-7-12-22(21)27(31(2,29)30)19-20-9-4-3-5-10-20/h3-7,9-12H,8,13-19H2,1-2H3,(H,24,28). The molecule has 2 aromatic rings. The summed E-state index contributed by atoms with van der Waals surface area (Å²) in [6.45, 7) is 5.92. The summed E-state index contributed by atoms with van der Waals surface area (Å²) in [5.41, 5.74) is 1.61. The number of nitrogens with zero attached hydrogens (tertiary/aromatic N) is 3. The van der Waals surface area contributed by atoms with Gasteiger partial charge in [-0.05, 0) is 37.7 Å².